The van der Waals surface area contributed by atoms with Gasteiger partial charge in [-0.15, -0.1) is 11.3 Å². The van der Waals surface area contributed by atoms with Crippen LogP contribution in [0.1, 0.15) is 11.0 Å². The Hall–Kier alpha value is -0.430. The van der Waals surface area contributed by atoms with Gasteiger partial charge in [0.15, 0.2) is 11.5 Å². The number of aliphatic hydroxyl groups is 2. The van der Waals surface area contributed by atoms with Gasteiger partial charge >= 0.3 is 0 Å². The van der Waals surface area contributed by atoms with E-state index < -0.39 is 12.2 Å². The first-order valence-electron chi connectivity index (χ1n) is 4.58. The van der Waals surface area contributed by atoms with E-state index in [1.807, 2.05) is 0 Å². The van der Waals surface area contributed by atoms with Gasteiger partial charge < -0.3 is 19.7 Å². The summed E-state index contributed by atoms with van der Waals surface area (Å²) < 4.78 is 10.7. The molecule has 0 aliphatic carbocycles. The van der Waals surface area contributed by atoms with Gasteiger partial charge in [0.1, 0.15) is 19.3 Å². The monoisotopic (exact) mass is 248 g/mol. The van der Waals surface area contributed by atoms with E-state index in [2.05, 4.69) is 12.6 Å². The van der Waals surface area contributed by atoms with E-state index in [0.717, 1.165) is 0 Å². The summed E-state index contributed by atoms with van der Waals surface area (Å²) in [6.07, 6.45) is -1.85. The fourth-order valence-electron chi connectivity index (χ4n) is 1.36. The Morgan fingerprint density at radius 1 is 1.40 bits per heavy atom. The second-order valence-corrected chi connectivity index (χ2v) is 4.46. The number of thiol groups is 1. The maximum absolute atomic E-state index is 9.81. The SMILES string of the molecule is OC(CS)C(O)c1scc2c1OCCO2. The second-order valence-electron chi connectivity index (χ2n) is 3.19. The molecule has 2 rings (SSSR count). The van der Waals surface area contributed by atoms with Crippen LogP contribution < -0.4 is 9.47 Å². The Morgan fingerprint density at radius 2 is 2.13 bits per heavy atom. The molecule has 2 N–H and O–H groups in total. The molecule has 2 unspecified atom stereocenters. The molecule has 1 aromatic heterocycles. The van der Waals surface area contributed by atoms with Gasteiger partial charge in [0, 0.05) is 11.1 Å². The average Bonchev–Trinajstić information content (AvgIpc) is 2.70. The molecular formula is C9H12O4S2. The van der Waals surface area contributed by atoms with Gasteiger partial charge in [0.2, 0.25) is 0 Å². The Kier molecular flexibility index (Phi) is 3.40. The van der Waals surface area contributed by atoms with Crippen molar-refractivity contribution >= 4 is 24.0 Å². The normalized spacial score (nSPS) is 18.6. The highest BCUT2D eigenvalue weighted by atomic mass is 32.1. The first-order chi connectivity index (χ1) is 7.24. The minimum Gasteiger partial charge on any atom is -0.485 e. The molecule has 0 bridgehead atoms. The number of hydrogen-bond donors (Lipinski definition) is 3. The van der Waals surface area contributed by atoms with Gasteiger partial charge in [-0.25, -0.2) is 0 Å². The third-order valence-electron chi connectivity index (χ3n) is 2.15. The summed E-state index contributed by atoms with van der Waals surface area (Å²) in [4.78, 5) is 0.603. The van der Waals surface area contributed by atoms with Crippen LogP contribution in [0.25, 0.3) is 0 Å². The molecule has 0 radical (unpaired) electrons. The minimum atomic E-state index is -0.960. The highest BCUT2D eigenvalue weighted by molar-refractivity contribution is 7.80. The van der Waals surface area contributed by atoms with Crippen LogP contribution in [0.3, 0.4) is 0 Å². The lowest BCUT2D eigenvalue weighted by Gasteiger charge is -2.19. The van der Waals surface area contributed by atoms with E-state index >= 15 is 0 Å². The van der Waals surface area contributed by atoms with Crippen LogP contribution in [0.4, 0.5) is 0 Å². The third kappa shape index (κ3) is 2.08. The third-order valence-corrected chi connectivity index (χ3v) is 3.53. The lowest BCUT2D eigenvalue weighted by molar-refractivity contribution is 0.0331. The quantitative estimate of drug-likeness (QED) is 0.694. The smallest absolute Gasteiger partial charge is 0.178 e. The molecule has 2 heterocycles. The highest BCUT2D eigenvalue weighted by Gasteiger charge is 2.27. The molecule has 6 heteroatoms. The van der Waals surface area contributed by atoms with Gasteiger partial charge in [-0.05, 0) is 0 Å². The molecule has 0 fully saturated rings. The molecule has 2 atom stereocenters. The topological polar surface area (TPSA) is 58.9 Å². The molecule has 4 nitrogen and oxygen atoms in total. The Labute approximate surface area is 96.9 Å². The molecule has 0 amide bonds. The number of ether oxygens (including phenoxy) is 2. The van der Waals surface area contributed by atoms with Crippen LogP contribution >= 0.6 is 24.0 Å². The van der Waals surface area contributed by atoms with Crippen LogP contribution in [0.15, 0.2) is 5.38 Å². The number of hydrogen-bond acceptors (Lipinski definition) is 6. The van der Waals surface area contributed by atoms with Crippen LogP contribution in [0.5, 0.6) is 11.5 Å². The van der Waals surface area contributed by atoms with Crippen LogP contribution in [-0.4, -0.2) is 35.3 Å². The zero-order valence-electron chi connectivity index (χ0n) is 7.92. The number of fused-ring (bicyclic) bond motifs is 1. The summed E-state index contributed by atoms with van der Waals surface area (Å²) in [7, 11) is 0. The van der Waals surface area contributed by atoms with Gasteiger partial charge in [-0.2, -0.15) is 12.6 Å². The van der Waals surface area contributed by atoms with Crippen molar-refractivity contribution in [3.8, 4) is 11.5 Å². The summed E-state index contributed by atoms with van der Waals surface area (Å²) in [6.45, 7) is 0.995. The highest BCUT2D eigenvalue weighted by Crippen LogP contribution is 2.43. The van der Waals surface area contributed by atoms with Gasteiger partial charge in [0.05, 0.1) is 11.0 Å². The Bertz CT molecular complexity index is 339. The summed E-state index contributed by atoms with van der Waals surface area (Å²) in [5.74, 6) is 1.40. The lowest BCUT2D eigenvalue weighted by atomic mass is 10.2. The first kappa shape index (κ1) is 11.1. The van der Waals surface area contributed by atoms with Gasteiger partial charge in [-0.1, -0.05) is 0 Å². The fourth-order valence-corrected chi connectivity index (χ4v) is 2.53. The molecule has 0 aromatic carbocycles. The summed E-state index contributed by atoms with van der Waals surface area (Å²) in [6, 6.07) is 0. The van der Waals surface area contributed by atoms with Crippen molar-refractivity contribution in [1.29, 1.82) is 0 Å². The maximum Gasteiger partial charge on any atom is 0.178 e. The van der Waals surface area contributed by atoms with Crippen molar-refractivity contribution in [2.75, 3.05) is 19.0 Å². The van der Waals surface area contributed by atoms with Crippen molar-refractivity contribution in [3.05, 3.63) is 10.3 Å². The zero-order valence-corrected chi connectivity index (χ0v) is 9.63. The number of thiophene rings is 1. The average molecular weight is 248 g/mol. The van der Waals surface area contributed by atoms with Crippen LogP contribution in [0.2, 0.25) is 0 Å². The summed E-state index contributed by atoms with van der Waals surface area (Å²) in [5, 5.41) is 21.1. The van der Waals surface area contributed by atoms with Crippen molar-refractivity contribution in [2.24, 2.45) is 0 Å². The predicted molar refractivity (Wildman–Crippen MR) is 60.1 cm³/mol. The maximum atomic E-state index is 9.81. The van der Waals surface area contributed by atoms with E-state index in [4.69, 9.17) is 9.47 Å². The van der Waals surface area contributed by atoms with Gasteiger partial charge in [0.25, 0.3) is 0 Å². The molecule has 0 spiro atoms. The standard InChI is InChI=1S/C9H12O4S2/c10-5(3-14)7(11)9-8-6(4-15-9)12-1-2-13-8/h4-5,7,10-11,14H,1-3H2. The molecule has 1 aromatic rings. The van der Waals surface area contributed by atoms with Crippen molar-refractivity contribution < 1.29 is 19.7 Å². The lowest BCUT2D eigenvalue weighted by Crippen LogP contribution is -2.21. The van der Waals surface area contributed by atoms with E-state index in [1.54, 1.807) is 5.38 Å². The predicted octanol–water partition coefficient (Wildman–Crippen LogP) is 0.843. The van der Waals surface area contributed by atoms with E-state index in [-0.39, 0.29) is 5.75 Å². The first-order valence-corrected chi connectivity index (χ1v) is 6.09. The van der Waals surface area contributed by atoms with Crippen molar-refractivity contribution in [1.82, 2.24) is 0 Å². The molecule has 0 saturated heterocycles. The van der Waals surface area contributed by atoms with Gasteiger partial charge in [-0.3, -0.25) is 0 Å². The molecule has 1 aliphatic rings. The minimum absolute atomic E-state index is 0.203. The van der Waals surface area contributed by atoms with E-state index in [0.29, 0.717) is 29.6 Å². The molecule has 0 saturated carbocycles. The van der Waals surface area contributed by atoms with Crippen molar-refractivity contribution in [3.63, 3.8) is 0 Å². The summed E-state index contributed by atoms with van der Waals surface area (Å²) >= 11 is 5.26. The summed E-state index contributed by atoms with van der Waals surface area (Å²) in [5.41, 5.74) is 0. The van der Waals surface area contributed by atoms with E-state index in [1.165, 1.54) is 11.3 Å². The van der Waals surface area contributed by atoms with Crippen LogP contribution in [0, 0.1) is 0 Å². The Balaban J connectivity index is 2.24. The molecular weight excluding hydrogens is 236 g/mol. The molecule has 1 aliphatic heterocycles. The van der Waals surface area contributed by atoms with Crippen molar-refractivity contribution in [2.45, 2.75) is 12.2 Å². The zero-order chi connectivity index (χ0) is 10.8. The largest absolute Gasteiger partial charge is 0.485 e. The molecule has 84 valence electrons. The number of aliphatic hydroxyl groups excluding tert-OH is 2. The molecule has 15 heavy (non-hydrogen) atoms. The second kappa shape index (κ2) is 4.61. The van der Waals surface area contributed by atoms with Crippen LogP contribution in [-0.2, 0) is 0 Å². The number of rotatable bonds is 3. The van der Waals surface area contributed by atoms with E-state index in [9.17, 15) is 10.2 Å². The Morgan fingerprint density at radius 3 is 2.87 bits per heavy atom. The fraction of sp³-hybridized carbons (Fsp3) is 0.556.